The van der Waals surface area contributed by atoms with Gasteiger partial charge in [-0.05, 0) is 146 Å². The van der Waals surface area contributed by atoms with Crippen LogP contribution in [0.15, 0.2) is 42.0 Å². The van der Waals surface area contributed by atoms with Crippen LogP contribution >= 0.6 is 32.9 Å². The number of aliphatic hydroxyl groups is 1. The molecule has 0 bridgehead atoms. The molecule has 0 amide bonds. The van der Waals surface area contributed by atoms with Crippen LogP contribution in [-0.2, 0) is 14.3 Å². The van der Waals surface area contributed by atoms with Gasteiger partial charge in [0, 0.05) is 10.8 Å². The predicted octanol–water partition coefficient (Wildman–Crippen LogP) is 10.4. The summed E-state index contributed by atoms with van der Waals surface area (Å²) in [5, 5.41) is 11.0. The fourth-order valence-corrected chi connectivity index (χ4v) is 14.2. The van der Waals surface area contributed by atoms with Crippen LogP contribution in [-0.4, -0.2) is 29.8 Å². The molecule has 8 heteroatoms. The maximum Gasteiger partial charge on any atom is 0.314 e. The molecule has 9 atom stereocenters. The summed E-state index contributed by atoms with van der Waals surface area (Å²) in [4.78, 5) is 29.5. The number of hydrogen-bond acceptors (Lipinski definition) is 8. The van der Waals surface area contributed by atoms with Crippen molar-refractivity contribution in [2.45, 2.75) is 112 Å². The van der Waals surface area contributed by atoms with E-state index in [4.69, 9.17) is 21.7 Å². The minimum Gasteiger partial charge on any atom is -0.457 e. The third-order valence-electron chi connectivity index (χ3n) is 15.1. The summed E-state index contributed by atoms with van der Waals surface area (Å²) in [6.45, 7) is 16.0. The summed E-state index contributed by atoms with van der Waals surface area (Å²) in [5.41, 5.74) is 1.18. The van der Waals surface area contributed by atoms with E-state index in [0.29, 0.717) is 18.1 Å². The molecule has 0 saturated heterocycles. The zero-order chi connectivity index (χ0) is 34.5. The van der Waals surface area contributed by atoms with Crippen LogP contribution in [0.4, 0.5) is 0 Å². The number of carbonyl (C=O) groups excluding carboxylic acids is 2. The predicted molar refractivity (Wildman–Crippen MR) is 195 cm³/mol. The van der Waals surface area contributed by atoms with Crippen molar-refractivity contribution in [3.63, 3.8) is 0 Å². The molecule has 5 unspecified atom stereocenters. The molecule has 1 N–H and O–H groups in total. The van der Waals surface area contributed by atoms with Crippen molar-refractivity contribution in [2.24, 2.45) is 50.2 Å². The lowest BCUT2D eigenvalue weighted by Gasteiger charge is -2.70. The van der Waals surface area contributed by atoms with Gasteiger partial charge in [-0.1, -0.05) is 80.0 Å². The molecule has 260 valence electrons. The number of esters is 1. The number of benzene rings is 1. The Kier molecular flexibility index (Phi) is 8.34. The summed E-state index contributed by atoms with van der Waals surface area (Å²) in [6.07, 6.45) is 10.0. The van der Waals surface area contributed by atoms with Gasteiger partial charge < -0.3 is 14.6 Å². The summed E-state index contributed by atoms with van der Waals surface area (Å²) >= 11 is 5.27. The Morgan fingerprint density at radius 3 is 2.33 bits per heavy atom. The van der Waals surface area contributed by atoms with Gasteiger partial charge in [0.2, 0.25) is 6.79 Å². The van der Waals surface area contributed by atoms with Gasteiger partial charge in [0.25, 0.3) is 0 Å². The van der Waals surface area contributed by atoms with E-state index in [9.17, 15) is 14.7 Å². The van der Waals surface area contributed by atoms with Crippen molar-refractivity contribution >= 4 is 44.7 Å². The van der Waals surface area contributed by atoms with Gasteiger partial charge in [0.15, 0.2) is 5.78 Å². The highest BCUT2D eigenvalue weighted by Gasteiger charge is 2.70. The van der Waals surface area contributed by atoms with Gasteiger partial charge in [-0.3, -0.25) is 9.59 Å². The Bertz CT molecular complexity index is 1710. The van der Waals surface area contributed by atoms with Gasteiger partial charge in [-0.25, -0.2) is 0 Å². The molecule has 1 aromatic carbocycles. The molecule has 5 aliphatic rings. The average molecular weight is 709 g/mol. The molecule has 7 rings (SSSR count). The molecular weight excluding hydrogens is 657 g/mol. The number of fused-ring (bicyclic) bond motifs is 7. The minimum atomic E-state index is -0.646. The van der Waals surface area contributed by atoms with Crippen molar-refractivity contribution in [3.8, 4) is 16.2 Å². The van der Waals surface area contributed by atoms with Crippen LogP contribution in [0, 0.1) is 54.1 Å². The van der Waals surface area contributed by atoms with Crippen LogP contribution in [0.25, 0.3) is 10.4 Å². The standard InChI is InChI=1S/C40H52O5S3/c1-35(2)30-12-15-40(7)33(38(30,5)14-13-31(35)42)28(41)20-26-27-22-37(4,17-16-36(27,3)18-19-39(26,40)6)34(43)45-23-44-25-10-8-24(9-11-25)29-21-32(46)48-47-29/h8-11,20-21,27,30-31,33,42H,12-19,22-23H2,1-7H3/t27?,30?,31-,33?,36+,37?,38-,39?,40+/m0/s1. The number of aliphatic hydroxyl groups excluding tert-OH is 1. The average Bonchev–Trinajstić information content (AvgIpc) is 3.47. The minimum absolute atomic E-state index is 0.0511. The first-order chi connectivity index (χ1) is 22.5. The van der Waals surface area contributed by atoms with Gasteiger partial charge in [0.05, 0.1) is 11.5 Å². The van der Waals surface area contributed by atoms with Crippen molar-refractivity contribution in [3.05, 3.63) is 45.8 Å². The van der Waals surface area contributed by atoms with Crippen molar-refractivity contribution in [1.82, 2.24) is 0 Å². The molecule has 2 aromatic rings. The Hall–Kier alpha value is -1.87. The fourth-order valence-electron chi connectivity index (χ4n) is 11.8. The lowest BCUT2D eigenvalue weighted by atomic mass is 9.33. The van der Waals surface area contributed by atoms with E-state index < -0.39 is 5.41 Å². The first-order valence-electron chi connectivity index (χ1n) is 17.9. The van der Waals surface area contributed by atoms with Crippen molar-refractivity contribution in [1.29, 1.82) is 0 Å². The number of rotatable bonds is 5. The molecule has 5 nitrogen and oxygen atoms in total. The van der Waals surface area contributed by atoms with Crippen LogP contribution in [0.3, 0.4) is 0 Å². The normalized spacial score (nSPS) is 41.6. The van der Waals surface area contributed by atoms with Crippen LogP contribution in [0.1, 0.15) is 106 Å². The Morgan fingerprint density at radius 1 is 0.938 bits per heavy atom. The second-order valence-electron chi connectivity index (χ2n) is 17.8. The van der Waals surface area contributed by atoms with Crippen LogP contribution < -0.4 is 4.74 Å². The second-order valence-corrected chi connectivity index (χ2v) is 20.8. The number of hydrogen-bond donors (Lipinski definition) is 1. The quantitative estimate of drug-likeness (QED) is 0.144. The highest BCUT2D eigenvalue weighted by molar-refractivity contribution is 7.80. The summed E-state index contributed by atoms with van der Waals surface area (Å²) in [5.74, 6) is 1.15. The number of carbonyl (C=O) groups is 2. The first kappa shape index (κ1) is 34.6. The van der Waals surface area contributed by atoms with Gasteiger partial charge in [-0.15, -0.1) is 0 Å². The molecular formula is C40H52O5S3. The van der Waals surface area contributed by atoms with Crippen molar-refractivity contribution < 1.29 is 24.2 Å². The van der Waals surface area contributed by atoms with E-state index >= 15 is 0 Å². The maximum atomic E-state index is 14.6. The zero-order valence-electron chi connectivity index (χ0n) is 29.6. The fraction of sp³-hybridized carbons (Fsp3) is 0.675. The molecule has 0 radical (unpaired) electrons. The first-order valence-corrected chi connectivity index (χ1v) is 20.5. The highest BCUT2D eigenvalue weighted by Crippen LogP contribution is 2.75. The topological polar surface area (TPSA) is 72.8 Å². The van der Waals surface area contributed by atoms with Crippen LogP contribution in [0.5, 0.6) is 5.75 Å². The van der Waals surface area contributed by atoms with Crippen LogP contribution in [0.2, 0.25) is 0 Å². The van der Waals surface area contributed by atoms with E-state index in [1.54, 1.807) is 20.7 Å². The molecule has 4 fully saturated rings. The van der Waals surface area contributed by atoms with Gasteiger partial charge in [-0.2, -0.15) is 0 Å². The summed E-state index contributed by atoms with van der Waals surface area (Å²) in [7, 11) is 3.26. The lowest BCUT2D eigenvalue weighted by Crippen LogP contribution is -2.66. The van der Waals surface area contributed by atoms with E-state index in [1.165, 1.54) is 5.57 Å². The molecule has 0 spiro atoms. The molecule has 4 saturated carbocycles. The second kappa shape index (κ2) is 11.6. The monoisotopic (exact) mass is 708 g/mol. The SMILES string of the molecule is CC1(C(=O)OCOc2ccc(-c3cc(=S)ss3)cc2)CC[C@]2(C)CCC3(C)C(=CC(=O)C4[C@@]5(C)CC[C@H](O)C(C)(C)C5CC[C@]43C)C2C1. The molecule has 5 aliphatic carbocycles. The molecule has 48 heavy (non-hydrogen) atoms. The Balaban J connectivity index is 1.10. The largest absolute Gasteiger partial charge is 0.457 e. The molecule has 1 aromatic heterocycles. The van der Waals surface area contributed by atoms with Crippen molar-refractivity contribution in [2.75, 3.05) is 6.79 Å². The Morgan fingerprint density at radius 2 is 1.65 bits per heavy atom. The number of allylic oxidation sites excluding steroid dienone is 2. The van der Waals surface area contributed by atoms with Gasteiger partial charge >= 0.3 is 5.97 Å². The summed E-state index contributed by atoms with van der Waals surface area (Å²) < 4.78 is 12.6. The zero-order valence-corrected chi connectivity index (χ0v) is 32.1. The number of ether oxygens (including phenoxy) is 2. The highest BCUT2D eigenvalue weighted by atomic mass is 32.9. The number of ketones is 1. The lowest BCUT2D eigenvalue weighted by molar-refractivity contribution is -0.202. The van der Waals surface area contributed by atoms with E-state index in [-0.39, 0.29) is 63.6 Å². The van der Waals surface area contributed by atoms with Gasteiger partial charge in [0.1, 0.15) is 9.57 Å². The van der Waals surface area contributed by atoms with E-state index in [0.717, 1.165) is 65.6 Å². The Labute approximate surface area is 298 Å². The third kappa shape index (κ3) is 5.08. The maximum absolute atomic E-state index is 14.6. The van der Waals surface area contributed by atoms with E-state index in [2.05, 4.69) is 54.5 Å². The molecule has 0 aliphatic heterocycles. The van der Waals surface area contributed by atoms with E-state index in [1.807, 2.05) is 30.3 Å². The smallest absolute Gasteiger partial charge is 0.314 e. The molecule has 1 heterocycles. The third-order valence-corrected chi connectivity index (χ3v) is 18.0. The summed E-state index contributed by atoms with van der Waals surface area (Å²) in [6, 6.07) is 9.82.